The molecule has 1 aromatic carbocycles. The van der Waals surface area contributed by atoms with E-state index < -0.39 is 17.8 Å². The van der Waals surface area contributed by atoms with Crippen LogP contribution in [0.1, 0.15) is 19.8 Å². The summed E-state index contributed by atoms with van der Waals surface area (Å²) in [7, 11) is 0. The fourth-order valence-corrected chi connectivity index (χ4v) is 3.19. The molecule has 0 atom stereocenters. The van der Waals surface area contributed by atoms with Gasteiger partial charge in [0.15, 0.2) is 0 Å². The van der Waals surface area contributed by atoms with E-state index in [0.717, 1.165) is 21.9 Å². The molecule has 0 saturated carbocycles. The van der Waals surface area contributed by atoms with Crippen LogP contribution in [0.15, 0.2) is 24.3 Å². The minimum Gasteiger partial charge on any atom is -0.369 e. The summed E-state index contributed by atoms with van der Waals surface area (Å²) < 4.78 is 13.0. The van der Waals surface area contributed by atoms with Crippen LogP contribution in [0.25, 0.3) is 0 Å². The van der Waals surface area contributed by atoms with E-state index in [4.69, 9.17) is 0 Å². The summed E-state index contributed by atoms with van der Waals surface area (Å²) in [6.45, 7) is 5.09. The number of carbonyl (C=O) groups excluding carboxylic acids is 3. The van der Waals surface area contributed by atoms with Crippen molar-refractivity contribution < 1.29 is 18.8 Å². The molecule has 26 heavy (non-hydrogen) atoms. The lowest BCUT2D eigenvalue weighted by atomic mass is 10.2. The molecule has 0 spiro atoms. The quantitative estimate of drug-likeness (QED) is 0.567. The van der Waals surface area contributed by atoms with Crippen molar-refractivity contribution in [2.24, 2.45) is 0 Å². The highest BCUT2D eigenvalue weighted by Gasteiger charge is 2.44. The van der Waals surface area contributed by atoms with Gasteiger partial charge in [-0.05, 0) is 30.7 Å². The first-order chi connectivity index (χ1) is 12.5. The van der Waals surface area contributed by atoms with Gasteiger partial charge in [-0.25, -0.2) is 14.1 Å². The maximum absolute atomic E-state index is 13.0. The molecule has 2 saturated heterocycles. The van der Waals surface area contributed by atoms with Gasteiger partial charge in [-0.2, -0.15) is 0 Å². The lowest BCUT2D eigenvalue weighted by Gasteiger charge is -2.37. The van der Waals surface area contributed by atoms with Crippen LogP contribution in [-0.4, -0.2) is 71.9 Å². The molecule has 7 nitrogen and oxygen atoms in total. The molecular weight excluding hydrogens is 339 g/mol. The summed E-state index contributed by atoms with van der Waals surface area (Å²) in [6, 6.07) is 5.82. The van der Waals surface area contributed by atoms with Gasteiger partial charge in [-0.3, -0.25) is 19.4 Å². The second-order valence-corrected chi connectivity index (χ2v) is 6.55. The summed E-state index contributed by atoms with van der Waals surface area (Å²) in [5, 5.41) is 0. The van der Waals surface area contributed by atoms with Crippen LogP contribution in [0.4, 0.5) is 14.9 Å². The number of piperazine rings is 1. The van der Waals surface area contributed by atoms with E-state index in [1.165, 1.54) is 12.1 Å². The van der Waals surface area contributed by atoms with Crippen LogP contribution in [0, 0.1) is 5.82 Å². The largest absolute Gasteiger partial charge is 0.369 e. The van der Waals surface area contributed by atoms with Crippen LogP contribution >= 0.6 is 0 Å². The molecule has 0 aliphatic carbocycles. The number of hydrogen-bond acceptors (Lipinski definition) is 5. The van der Waals surface area contributed by atoms with Gasteiger partial charge in [-0.15, -0.1) is 0 Å². The normalized spacial score (nSPS) is 19.0. The Kier molecular flexibility index (Phi) is 5.51. The number of hydrogen-bond donors (Lipinski definition) is 0. The second kappa shape index (κ2) is 7.82. The maximum Gasteiger partial charge on any atom is 0.335 e. The molecule has 4 amide bonds. The molecule has 0 radical (unpaired) electrons. The molecular formula is C18H23FN4O3. The molecule has 2 heterocycles. The number of anilines is 1. The van der Waals surface area contributed by atoms with Crippen molar-refractivity contribution in [2.45, 2.75) is 19.8 Å². The topological polar surface area (TPSA) is 64.2 Å². The highest BCUT2D eigenvalue weighted by Crippen LogP contribution is 2.18. The van der Waals surface area contributed by atoms with Crippen LogP contribution in [0.2, 0.25) is 0 Å². The Balaban J connectivity index is 1.55. The van der Waals surface area contributed by atoms with Gasteiger partial charge in [0.1, 0.15) is 5.82 Å². The highest BCUT2D eigenvalue weighted by atomic mass is 19.1. The number of carbonyl (C=O) groups is 3. The lowest BCUT2D eigenvalue weighted by Crippen LogP contribution is -2.51. The van der Waals surface area contributed by atoms with Crippen LogP contribution in [-0.2, 0) is 9.59 Å². The van der Waals surface area contributed by atoms with Gasteiger partial charge in [-0.1, -0.05) is 13.3 Å². The fourth-order valence-electron chi connectivity index (χ4n) is 3.19. The number of halogens is 1. The minimum atomic E-state index is -0.743. The van der Waals surface area contributed by atoms with Crippen molar-refractivity contribution in [3.05, 3.63) is 30.1 Å². The predicted molar refractivity (Wildman–Crippen MR) is 93.9 cm³/mol. The first-order valence-electron chi connectivity index (χ1n) is 8.91. The zero-order valence-corrected chi connectivity index (χ0v) is 14.9. The Morgan fingerprint density at radius 1 is 0.923 bits per heavy atom. The van der Waals surface area contributed by atoms with Crippen LogP contribution in [0.5, 0.6) is 0 Å². The molecule has 2 aliphatic heterocycles. The zero-order chi connectivity index (χ0) is 18.7. The molecule has 0 aromatic heterocycles. The summed E-state index contributed by atoms with van der Waals surface area (Å²) in [5.41, 5.74) is 0.945. The Hall–Kier alpha value is -2.48. The Bertz CT molecular complexity index is 686. The van der Waals surface area contributed by atoms with E-state index in [0.29, 0.717) is 32.6 Å². The Morgan fingerprint density at radius 3 is 2.15 bits per heavy atom. The smallest absolute Gasteiger partial charge is 0.335 e. The van der Waals surface area contributed by atoms with Gasteiger partial charge in [0.2, 0.25) is 0 Å². The molecule has 140 valence electrons. The second-order valence-electron chi connectivity index (χ2n) is 6.55. The number of unbranched alkanes of at least 4 members (excludes halogenated alkanes) is 1. The van der Waals surface area contributed by atoms with E-state index in [1.54, 1.807) is 12.1 Å². The monoisotopic (exact) mass is 362 g/mol. The van der Waals surface area contributed by atoms with Gasteiger partial charge in [0, 0.05) is 38.4 Å². The van der Waals surface area contributed by atoms with E-state index in [9.17, 15) is 18.8 Å². The minimum absolute atomic E-state index is 0.128. The predicted octanol–water partition coefficient (Wildman–Crippen LogP) is 1.50. The molecule has 2 aliphatic rings. The summed E-state index contributed by atoms with van der Waals surface area (Å²) in [4.78, 5) is 42.7. The van der Waals surface area contributed by atoms with E-state index in [2.05, 4.69) is 4.90 Å². The third-order valence-electron chi connectivity index (χ3n) is 4.78. The zero-order valence-electron chi connectivity index (χ0n) is 14.9. The molecule has 1 aromatic rings. The summed E-state index contributed by atoms with van der Waals surface area (Å²) in [5.74, 6) is -1.74. The van der Waals surface area contributed by atoms with Gasteiger partial charge in [0.05, 0.1) is 6.67 Å². The molecule has 0 unspecified atom stereocenters. The number of urea groups is 1. The fraction of sp³-hybridized carbons (Fsp3) is 0.500. The maximum atomic E-state index is 13.0. The first-order valence-corrected chi connectivity index (χ1v) is 8.91. The van der Waals surface area contributed by atoms with Gasteiger partial charge < -0.3 is 4.90 Å². The van der Waals surface area contributed by atoms with Crippen LogP contribution < -0.4 is 4.90 Å². The van der Waals surface area contributed by atoms with Crippen molar-refractivity contribution in [3.63, 3.8) is 0 Å². The number of imide groups is 2. The van der Waals surface area contributed by atoms with Crippen molar-refractivity contribution in [2.75, 3.05) is 44.3 Å². The Morgan fingerprint density at radius 2 is 1.54 bits per heavy atom. The van der Waals surface area contributed by atoms with E-state index in [-0.39, 0.29) is 19.0 Å². The van der Waals surface area contributed by atoms with Crippen molar-refractivity contribution in [1.29, 1.82) is 0 Å². The van der Waals surface area contributed by atoms with Crippen molar-refractivity contribution in [3.8, 4) is 0 Å². The lowest BCUT2D eigenvalue weighted by molar-refractivity contribution is -0.144. The molecule has 2 fully saturated rings. The van der Waals surface area contributed by atoms with E-state index in [1.807, 2.05) is 11.8 Å². The first kappa shape index (κ1) is 18.3. The average Bonchev–Trinajstić information content (AvgIpc) is 2.85. The average molecular weight is 362 g/mol. The highest BCUT2D eigenvalue weighted by molar-refractivity contribution is 6.44. The third kappa shape index (κ3) is 3.70. The molecule has 8 heteroatoms. The SMILES string of the molecule is CCCCN1C(=O)C(=O)N(CN2CCN(c3ccc(F)cc3)CC2)C1=O. The van der Waals surface area contributed by atoms with Crippen LogP contribution in [0.3, 0.4) is 0 Å². The standard InChI is InChI=1S/C18H23FN4O3/c1-2-3-8-22-16(24)17(25)23(18(22)26)13-20-9-11-21(12-10-20)15-6-4-14(19)5-7-15/h4-7H,2-3,8-13H2,1H3. The summed E-state index contributed by atoms with van der Waals surface area (Å²) >= 11 is 0. The molecule has 0 bridgehead atoms. The Labute approximate surface area is 151 Å². The van der Waals surface area contributed by atoms with E-state index >= 15 is 0 Å². The van der Waals surface area contributed by atoms with Crippen molar-refractivity contribution in [1.82, 2.24) is 14.7 Å². The molecule has 3 rings (SSSR count). The van der Waals surface area contributed by atoms with Gasteiger partial charge >= 0.3 is 17.8 Å². The third-order valence-corrected chi connectivity index (χ3v) is 4.78. The van der Waals surface area contributed by atoms with Crippen molar-refractivity contribution >= 4 is 23.5 Å². The number of rotatable bonds is 6. The number of nitrogens with zero attached hydrogens (tertiary/aromatic N) is 4. The summed E-state index contributed by atoms with van der Waals surface area (Å²) in [6.07, 6.45) is 1.53. The number of amides is 4. The number of benzene rings is 1. The van der Waals surface area contributed by atoms with Gasteiger partial charge in [0.25, 0.3) is 0 Å². The molecule has 0 N–H and O–H groups in total.